The lowest BCUT2D eigenvalue weighted by atomic mass is 10.2. The van der Waals surface area contributed by atoms with Crippen LogP contribution in [0.2, 0.25) is 0 Å². The summed E-state index contributed by atoms with van der Waals surface area (Å²) in [4.78, 5) is 22.9. The predicted octanol–water partition coefficient (Wildman–Crippen LogP) is 2.51. The molecule has 1 aromatic carbocycles. The summed E-state index contributed by atoms with van der Waals surface area (Å²) in [7, 11) is 0. The normalized spacial score (nSPS) is 9.94. The highest BCUT2D eigenvalue weighted by atomic mass is 32.2. The van der Waals surface area contributed by atoms with Crippen LogP contribution >= 0.6 is 11.8 Å². The highest BCUT2D eigenvalue weighted by Crippen LogP contribution is 2.17. The fraction of sp³-hybridized carbons (Fsp3) is 0.385. The Bertz CT molecular complexity index is 362. The van der Waals surface area contributed by atoms with Crippen LogP contribution in [0.4, 0.5) is 0 Å². The van der Waals surface area contributed by atoms with E-state index < -0.39 is 0 Å². The lowest BCUT2D eigenvalue weighted by Gasteiger charge is -2.04. The highest BCUT2D eigenvalue weighted by molar-refractivity contribution is 8.00. The van der Waals surface area contributed by atoms with Gasteiger partial charge in [0.2, 0.25) is 5.91 Å². The van der Waals surface area contributed by atoms with Gasteiger partial charge in [-0.25, -0.2) is 0 Å². The van der Waals surface area contributed by atoms with Crippen molar-refractivity contribution in [1.29, 1.82) is 0 Å². The molecule has 1 N–H and O–H groups in total. The minimum Gasteiger partial charge on any atom is -0.355 e. The van der Waals surface area contributed by atoms with E-state index in [0.29, 0.717) is 11.3 Å². The molecular formula is C13H17NO2S. The fourth-order valence-electron chi connectivity index (χ4n) is 1.25. The molecule has 0 unspecified atom stereocenters. The van der Waals surface area contributed by atoms with E-state index in [2.05, 4.69) is 12.2 Å². The van der Waals surface area contributed by atoms with Gasteiger partial charge in [-0.1, -0.05) is 25.5 Å². The number of amides is 1. The van der Waals surface area contributed by atoms with E-state index in [0.717, 1.165) is 30.6 Å². The van der Waals surface area contributed by atoms with E-state index in [4.69, 9.17) is 0 Å². The Kier molecular flexibility index (Phi) is 6.40. The number of thioether (sulfide) groups is 1. The maximum Gasteiger partial charge on any atom is 0.230 e. The second kappa shape index (κ2) is 7.90. The number of unbranched alkanes of at least 4 members (excludes halogenated alkanes) is 1. The molecule has 17 heavy (non-hydrogen) atoms. The van der Waals surface area contributed by atoms with Crippen LogP contribution in [0.15, 0.2) is 29.2 Å². The summed E-state index contributed by atoms with van der Waals surface area (Å²) >= 11 is 1.48. The van der Waals surface area contributed by atoms with E-state index >= 15 is 0 Å². The maximum atomic E-state index is 11.4. The van der Waals surface area contributed by atoms with E-state index in [-0.39, 0.29) is 5.91 Å². The zero-order valence-electron chi connectivity index (χ0n) is 9.94. The zero-order valence-corrected chi connectivity index (χ0v) is 10.8. The van der Waals surface area contributed by atoms with Gasteiger partial charge in [0.1, 0.15) is 6.29 Å². The quantitative estimate of drug-likeness (QED) is 0.460. The number of rotatable bonds is 7. The Morgan fingerprint density at radius 3 is 2.65 bits per heavy atom. The van der Waals surface area contributed by atoms with Crippen molar-refractivity contribution in [3.05, 3.63) is 29.8 Å². The van der Waals surface area contributed by atoms with Gasteiger partial charge in [0.15, 0.2) is 0 Å². The van der Waals surface area contributed by atoms with Gasteiger partial charge in [0, 0.05) is 17.0 Å². The third-order valence-corrected chi connectivity index (χ3v) is 3.25. The molecule has 3 nitrogen and oxygen atoms in total. The van der Waals surface area contributed by atoms with Crippen LogP contribution in [0.5, 0.6) is 0 Å². The van der Waals surface area contributed by atoms with Gasteiger partial charge in [0.05, 0.1) is 5.75 Å². The van der Waals surface area contributed by atoms with Crippen LogP contribution in [-0.4, -0.2) is 24.5 Å². The topological polar surface area (TPSA) is 46.2 Å². The molecule has 1 rings (SSSR count). The lowest BCUT2D eigenvalue weighted by Crippen LogP contribution is -2.25. The maximum absolute atomic E-state index is 11.4. The van der Waals surface area contributed by atoms with Crippen molar-refractivity contribution in [2.24, 2.45) is 0 Å². The van der Waals surface area contributed by atoms with E-state index in [1.165, 1.54) is 11.8 Å². The Labute approximate surface area is 106 Å². The summed E-state index contributed by atoms with van der Waals surface area (Å²) in [6, 6.07) is 7.22. The molecule has 0 saturated heterocycles. The molecule has 0 bridgehead atoms. The van der Waals surface area contributed by atoms with Gasteiger partial charge in [-0.3, -0.25) is 9.59 Å². The second-order valence-electron chi connectivity index (χ2n) is 3.68. The number of nitrogens with one attached hydrogen (secondary N) is 1. The van der Waals surface area contributed by atoms with Crippen molar-refractivity contribution in [3.63, 3.8) is 0 Å². The number of hydrogen-bond acceptors (Lipinski definition) is 3. The third-order valence-electron chi connectivity index (χ3n) is 2.24. The molecule has 1 amide bonds. The molecule has 0 aliphatic carbocycles. The Morgan fingerprint density at radius 2 is 2.06 bits per heavy atom. The number of aldehydes is 1. The molecule has 0 spiro atoms. The number of carbonyl (C=O) groups is 2. The molecule has 0 aliphatic rings. The van der Waals surface area contributed by atoms with Crippen molar-refractivity contribution in [1.82, 2.24) is 5.32 Å². The van der Waals surface area contributed by atoms with Crippen LogP contribution in [0.25, 0.3) is 0 Å². The van der Waals surface area contributed by atoms with Gasteiger partial charge in [-0.05, 0) is 18.6 Å². The summed E-state index contributed by atoms with van der Waals surface area (Å²) in [5.41, 5.74) is 0.654. The van der Waals surface area contributed by atoms with Crippen molar-refractivity contribution >= 4 is 24.0 Å². The molecule has 92 valence electrons. The first kappa shape index (κ1) is 13.8. The van der Waals surface area contributed by atoms with Gasteiger partial charge in [-0.2, -0.15) is 0 Å². The summed E-state index contributed by atoms with van der Waals surface area (Å²) in [5.74, 6) is 0.479. The summed E-state index contributed by atoms with van der Waals surface area (Å²) in [6.07, 6.45) is 2.91. The van der Waals surface area contributed by atoms with E-state index in [1.807, 2.05) is 12.1 Å². The average molecular weight is 251 g/mol. The molecule has 4 heteroatoms. The first-order valence-electron chi connectivity index (χ1n) is 5.71. The second-order valence-corrected chi connectivity index (χ2v) is 4.73. The molecule has 0 radical (unpaired) electrons. The Morgan fingerprint density at radius 1 is 1.35 bits per heavy atom. The zero-order chi connectivity index (χ0) is 12.5. The molecular weight excluding hydrogens is 234 g/mol. The number of hydrogen-bond donors (Lipinski definition) is 1. The smallest absolute Gasteiger partial charge is 0.230 e. The van der Waals surface area contributed by atoms with Crippen LogP contribution < -0.4 is 5.32 Å². The minimum atomic E-state index is 0.0583. The molecule has 1 aromatic rings. The molecule has 0 aromatic heterocycles. The Balaban J connectivity index is 2.29. The lowest BCUT2D eigenvalue weighted by molar-refractivity contribution is -0.118. The average Bonchev–Trinajstić information content (AvgIpc) is 2.37. The summed E-state index contributed by atoms with van der Waals surface area (Å²) in [6.45, 7) is 2.84. The van der Waals surface area contributed by atoms with Gasteiger partial charge in [-0.15, -0.1) is 11.8 Å². The van der Waals surface area contributed by atoms with Crippen molar-refractivity contribution < 1.29 is 9.59 Å². The highest BCUT2D eigenvalue weighted by Gasteiger charge is 2.01. The Hall–Kier alpha value is -1.29. The molecule has 0 fully saturated rings. The minimum absolute atomic E-state index is 0.0583. The van der Waals surface area contributed by atoms with Crippen LogP contribution in [0.1, 0.15) is 30.1 Å². The van der Waals surface area contributed by atoms with Crippen LogP contribution in [0, 0.1) is 0 Å². The standard InChI is InChI=1S/C13H17NO2S/c1-2-3-8-14-13(16)10-17-12-6-4-11(9-15)5-7-12/h4-7,9H,2-3,8,10H2,1H3,(H,14,16). The monoisotopic (exact) mass is 251 g/mol. The fourth-order valence-corrected chi connectivity index (χ4v) is 1.98. The predicted molar refractivity (Wildman–Crippen MR) is 70.5 cm³/mol. The van der Waals surface area contributed by atoms with Crippen molar-refractivity contribution in [3.8, 4) is 0 Å². The summed E-state index contributed by atoms with van der Waals surface area (Å²) < 4.78 is 0. The van der Waals surface area contributed by atoms with Crippen molar-refractivity contribution in [2.75, 3.05) is 12.3 Å². The third kappa shape index (κ3) is 5.54. The first-order valence-corrected chi connectivity index (χ1v) is 6.69. The molecule has 0 aliphatic heterocycles. The van der Waals surface area contributed by atoms with E-state index in [1.54, 1.807) is 12.1 Å². The van der Waals surface area contributed by atoms with Gasteiger partial charge in [0.25, 0.3) is 0 Å². The van der Waals surface area contributed by atoms with Gasteiger partial charge < -0.3 is 5.32 Å². The van der Waals surface area contributed by atoms with Crippen molar-refractivity contribution in [2.45, 2.75) is 24.7 Å². The first-order chi connectivity index (χ1) is 8.26. The SMILES string of the molecule is CCCCNC(=O)CSc1ccc(C=O)cc1. The molecule has 0 heterocycles. The van der Waals surface area contributed by atoms with Crippen LogP contribution in [-0.2, 0) is 4.79 Å². The van der Waals surface area contributed by atoms with Crippen LogP contribution in [0.3, 0.4) is 0 Å². The summed E-state index contributed by atoms with van der Waals surface area (Å²) in [5, 5.41) is 2.86. The number of carbonyl (C=O) groups excluding carboxylic acids is 2. The molecule has 0 atom stereocenters. The number of benzene rings is 1. The molecule has 0 saturated carbocycles. The van der Waals surface area contributed by atoms with Gasteiger partial charge >= 0.3 is 0 Å². The largest absolute Gasteiger partial charge is 0.355 e. The van der Waals surface area contributed by atoms with E-state index in [9.17, 15) is 9.59 Å².